The van der Waals surface area contributed by atoms with Crippen molar-refractivity contribution in [2.24, 2.45) is 0 Å². The second-order valence-electron chi connectivity index (χ2n) is 10.6. The van der Waals surface area contributed by atoms with Gasteiger partial charge in [-0.3, -0.25) is 14.9 Å². The molecule has 0 unspecified atom stereocenters. The first-order chi connectivity index (χ1) is 20.8. The van der Waals surface area contributed by atoms with E-state index in [-0.39, 0.29) is 17.6 Å². The number of pyridine rings is 1. The fourth-order valence-electron chi connectivity index (χ4n) is 5.44. The van der Waals surface area contributed by atoms with Crippen molar-refractivity contribution in [1.82, 2.24) is 9.88 Å². The topological polar surface area (TPSA) is 94.9 Å². The number of hydrogen-bond acceptors (Lipinski definition) is 7. The second-order valence-corrected chi connectivity index (χ2v) is 10.6. The molecule has 2 aliphatic rings. The highest BCUT2D eigenvalue weighted by Crippen LogP contribution is 2.38. The molecule has 2 saturated heterocycles. The monoisotopic (exact) mass is 622 g/mol. The molecule has 3 heterocycles. The molecular weight excluding hydrogens is 594 g/mol. The maximum atomic E-state index is 13.3. The summed E-state index contributed by atoms with van der Waals surface area (Å²) in [6, 6.07) is 11.0. The molecular formula is C29H28F6N6O3. The highest BCUT2D eigenvalue weighted by molar-refractivity contribution is 5.95. The van der Waals surface area contributed by atoms with Crippen LogP contribution in [0.25, 0.3) is 0 Å². The average molecular weight is 623 g/mol. The van der Waals surface area contributed by atoms with Gasteiger partial charge in [0.1, 0.15) is 11.4 Å². The standard InChI is InChI=1S/C29H28F6N6O3/c30-28(31,32)20-1-4-23(5-2-20)38-13-15-39(16-14-38)26-17-19(7-10-36-26)27(42)40-11-8-21(9-12-40)37-22-3-6-25(41(43)44)24(18-22)29(33,34)35/h1-7,10,17-18,21,37H,8-9,11-16H2. The van der Waals surface area contributed by atoms with Crippen LogP contribution in [0.2, 0.25) is 0 Å². The summed E-state index contributed by atoms with van der Waals surface area (Å²) in [6.45, 7) is 2.96. The highest BCUT2D eigenvalue weighted by Gasteiger charge is 2.38. The third-order valence-corrected chi connectivity index (χ3v) is 7.81. The van der Waals surface area contributed by atoms with Gasteiger partial charge < -0.3 is 20.0 Å². The van der Waals surface area contributed by atoms with Crippen LogP contribution < -0.4 is 15.1 Å². The molecule has 0 atom stereocenters. The lowest BCUT2D eigenvalue weighted by molar-refractivity contribution is -0.388. The van der Waals surface area contributed by atoms with Gasteiger partial charge in [-0.2, -0.15) is 26.3 Å². The summed E-state index contributed by atoms with van der Waals surface area (Å²) in [5.74, 6) is 0.406. The van der Waals surface area contributed by atoms with Gasteiger partial charge in [-0.25, -0.2) is 4.98 Å². The van der Waals surface area contributed by atoms with Crippen molar-refractivity contribution < 1.29 is 36.1 Å². The smallest absolute Gasteiger partial charge is 0.382 e. The number of rotatable bonds is 6. The fraction of sp³-hybridized carbons (Fsp3) is 0.379. The molecule has 2 aliphatic heterocycles. The molecule has 1 amide bonds. The largest absolute Gasteiger partial charge is 0.423 e. The SMILES string of the molecule is O=C(c1ccnc(N2CCN(c3ccc(C(F)(F)F)cc3)CC2)c1)N1CCC(Nc2ccc([N+](=O)[O-])c(C(F)(F)F)c2)CC1. The molecule has 3 aromatic rings. The predicted octanol–water partition coefficient (Wildman–Crippen LogP) is 6.07. The van der Waals surface area contributed by atoms with Crippen molar-refractivity contribution >= 4 is 28.8 Å². The van der Waals surface area contributed by atoms with Gasteiger partial charge in [0.25, 0.3) is 11.6 Å². The van der Waals surface area contributed by atoms with E-state index < -0.39 is 34.1 Å². The Morgan fingerprint density at radius 3 is 2.07 bits per heavy atom. The number of benzene rings is 2. The Balaban J connectivity index is 1.15. The molecule has 15 heteroatoms. The normalized spacial score (nSPS) is 16.6. The number of carbonyl (C=O) groups is 1. The molecule has 0 aliphatic carbocycles. The summed E-state index contributed by atoms with van der Waals surface area (Å²) in [5.41, 5.74) is -1.78. The molecule has 5 rings (SSSR count). The van der Waals surface area contributed by atoms with E-state index in [2.05, 4.69) is 10.3 Å². The molecule has 0 saturated carbocycles. The van der Waals surface area contributed by atoms with E-state index in [0.29, 0.717) is 69.2 Å². The number of amides is 1. The number of alkyl halides is 6. The Kier molecular flexibility index (Phi) is 8.57. The van der Waals surface area contributed by atoms with E-state index in [0.717, 1.165) is 24.3 Å². The first-order valence-electron chi connectivity index (χ1n) is 13.8. The quantitative estimate of drug-likeness (QED) is 0.203. The number of hydrogen-bond donors (Lipinski definition) is 1. The molecule has 1 N–H and O–H groups in total. The van der Waals surface area contributed by atoms with Crippen LogP contribution in [0.15, 0.2) is 60.8 Å². The number of anilines is 3. The van der Waals surface area contributed by atoms with Crippen molar-refractivity contribution in [3.8, 4) is 0 Å². The number of nitrogens with one attached hydrogen (secondary N) is 1. The summed E-state index contributed by atoms with van der Waals surface area (Å²) in [6.07, 6.45) is -6.79. The zero-order valence-electron chi connectivity index (χ0n) is 23.2. The molecule has 0 spiro atoms. The molecule has 2 fully saturated rings. The average Bonchev–Trinajstić information content (AvgIpc) is 3.00. The Morgan fingerprint density at radius 2 is 1.48 bits per heavy atom. The number of nitro groups is 1. The summed E-state index contributed by atoms with van der Waals surface area (Å²) in [7, 11) is 0. The van der Waals surface area contributed by atoms with Crippen LogP contribution in [0.1, 0.15) is 34.3 Å². The summed E-state index contributed by atoms with van der Waals surface area (Å²) in [4.78, 5) is 33.3. The van der Waals surface area contributed by atoms with Gasteiger partial charge in [0.05, 0.1) is 10.5 Å². The van der Waals surface area contributed by atoms with Crippen LogP contribution in [0.3, 0.4) is 0 Å². The van der Waals surface area contributed by atoms with Gasteiger partial charge in [-0.1, -0.05) is 0 Å². The van der Waals surface area contributed by atoms with Crippen LogP contribution in [0.4, 0.5) is 49.2 Å². The molecule has 44 heavy (non-hydrogen) atoms. The third kappa shape index (κ3) is 6.97. The minimum absolute atomic E-state index is 0.116. The zero-order valence-corrected chi connectivity index (χ0v) is 23.2. The van der Waals surface area contributed by atoms with E-state index in [1.54, 1.807) is 23.2 Å². The first-order valence-corrected chi connectivity index (χ1v) is 13.8. The van der Waals surface area contributed by atoms with Crippen molar-refractivity contribution in [2.75, 3.05) is 54.4 Å². The number of carbonyl (C=O) groups excluding carboxylic acids is 1. The van der Waals surface area contributed by atoms with Crippen LogP contribution in [0.5, 0.6) is 0 Å². The van der Waals surface area contributed by atoms with E-state index in [1.807, 2.05) is 9.80 Å². The molecule has 9 nitrogen and oxygen atoms in total. The maximum absolute atomic E-state index is 13.3. The van der Waals surface area contributed by atoms with E-state index in [4.69, 9.17) is 0 Å². The minimum Gasteiger partial charge on any atom is -0.382 e. The molecule has 234 valence electrons. The highest BCUT2D eigenvalue weighted by atomic mass is 19.4. The van der Waals surface area contributed by atoms with Crippen LogP contribution in [-0.2, 0) is 12.4 Å². The third-order valence-electron chi connectivity index (χ3n) is 7.81. The summed E-state index contributed by atoms with van der Waals surface area (Å²) >= 11 is 0. The number of nitro benzene ring substituents is 1. The van der Waals surface area contributed by atoms with Crippen molar-refractivity contribution in [1.29, 1.82) is 0 Å². The summed E-state index contributed by atoms with van der Waals surface area (Å²) < 4.78 is 78.6. The van der Waals surface area contributed by atoms with Gasteiger partial charge in [0.15, 0.2) is 0 Å². The Morgan fingerprint density at radius 1 is 0.841 bits per heavy atom. The fourth-order valence-corrected chi connectivity index (χ4v) is 5.44. The van der Waals surface area contributed by atoms with Gasteiger partial charge in [0, 0.05) is 74.5 Å². The lowest BCUT2D eigenvalue weighted by Gasteiger charge is -2.37. The number of piperidine rings is 1. The number of aromatic nitrogens is 1. The van der Waals surface area contributed by atoms with Gasteiger partial charge in [-0.15, -0.1) is 0 Å². The van der Waals surface area contributed by atoms with Crippen molar-refractivity contribution in [3.05, 3.63) is 87.6 Å². The lowest BCUT2D eigenvalue weighted by Crippen LogP contribution is -2.47. The van der Waals surface area contributed by atoms with E-state index in [9.17, 15) is 41.3 Å². The second kappa shape index (κ2) is 12.2. The first kappa shape index (κ1) is 30.9. The van der Waals surface area contributed by atoms with Gasteiger partial charge in [0.2, 0.25) is 0 Å². The van der Waals surface area contributed by atoms with Crippen molar-refractivity contribution in [3.63, 3.8) is 0 Å². The van der Waals surface area contributed by atoms with Crippen LogP contribution in [0, 0.1) is 10.1 Å². The number of piperazine rings is 1. The van der Waals surface area contributed by atoms with Crippen LogP contribution >= 0.6 is 0 Å². The number of nitrogens with zero attached hydrogens (tertiary/aromatic N) is 5. The maximum Gasteiger partial charge on any atom is 0.423 e. The number of likely N-dealkylation sites (tertiary alicyclic amines) is 1. The Hall–Kier alpha value is -4.56. The minimum atomic E-state index is -4.88. The Labute approximate surface area is 248 Å². The van der Waals surface area contributed by atoms with E-state index >= 15 is 0 Å². The molecule has 1 aromatic heterocycles. The molecule has 0 bridgehead atoms. The molecule has 2 aromatic carbocycles. The van der Waals surface area contributed by atoms with Crippen LogP contribution in [-0.4, -0.2) is 66.0 Å². The zero-order chi connectivity index (χ0) is 31.6. The Bertz CT molecular complexity index is 1500. The molecule has 0 radical (unpaired) electrons. The van der Waals surface area contributed by atoms with Gasteiger partial charge >= 0.3 is 12.4 Å². The van der Waals surface area contributed by atoms with E-state index in [1.165, 1.54) is 18.2 Å². The van der Waals surface area contributed by atoms with Crippen molar-refractivity contribution in [2.45, 2.75) is 31.2 Å². The van der Waals surface area contributed by atoms with Gasteiger partial charge in [-0.05, 0) is 61.4 Å². The number of halogens is 6. The lowest BCUT2D eigenvalue weighted by atomic mass is 10.0. The predicted molar refractivity (Wildman–Crippen MR) is 151 cm³/mol. The summed E-state index contributed by atoms with van der Waals surface area (Å²) in [5, 5.41) is 14.0.